The maximum atomic E-state index is 11.4. The Morgan fingerprint density at radius 1 is 1.47 bits per heavy atom. The van der Waals surface area contributed by atoms with Crippen LogP contribution in [0.5, 0.6) is 0 Å². The van der Waals surface area contributed by atoms with Gasteiger partial charge in [0.25, 0.3) is 0 Å². The minimum absolute atomic E-state index is 0. The monoisotopic (exact) mass is 234 g/mol. The molecule has 1 spiro atoms. The number of rotatable bonds is 1. The van der Waals surface area contributed by atoms with Crippen molar-refractivity contribution in [2.24, 2.45) is 0 Å². The molecule has 0 saturated carbocycles. The van der Waals surface area contributed by atoms with Crippen LogP contribution in [0, 0.1) is 0 Å². The molecule has 0 aromatic heterocycles. The summed E-state index contributed by atoms with van der Waals surface area (Å²) in [6.07, 6.45) is 2.05. The number of nitrogens with one attached hydrogen (secondary N) is 1. The fourth-order valence-corrected chi connectivity index (χ4v) is 2.26. The Balaban J connectivity index is 0.00000112. The van der Waals surface area contributed by atoms with Crippen LogP contribution in [0.1, 0.15) is 19.8 Å². The topological polar surface area (TPSA) is 41.6 Å². The van der Waals surface area contributed by atoms with Gasteiger partial charge in [0.15, 0.2) is 0 Å². The molecular weight excluding hydrogens is 216 g/mol. The summed E-state index contributed by atoms with van der Waals surface area (Å²) in [5.41, 5.74) is -0.0465. The fraction of sp³-hybridized carbons (Fsp3) is 0.900. The summed E-state index contributed by atoms with van der Waals surface area (Å²) in [5, 5.41) is 3.32. The number of amides is 1. The number of halogens is 1. The van der Waals surface area contributed by atoms with E-state index in [2.05, 4.69) is 5.32 Å². The van der Waals surface area contributed by atoms with Crippen molar-refractivity contribution in [2.75, 3.05) is 32.8 Å². The van der Waals surface area contributed by atoms with E-state index in [9.17, 15) is 4.79 Å². The van der Waals surface area contributed by atoms with Crippen LogP contribution in [-0.2, 0) is 9.53 Å². The van der Waals surface area contributed by atoms with E-state index in [1.165, 1.54) is 0 Å². The Morgan fingerprint density at radius 2 is 2.13 bits per heavy atom. The summed E-state index contributed by atoms with van der Waals surface area (Å²) in [5.74, 6) is 0.136. The van der Waals surface area contributed by atoms with Crippen LogP contribution in [0.3, 0.4) is 0 Å². The third-order valence-electron chi connectivity index (χ3n) is 3.23. The maximum Gasteiger partial charge on any atom is 0.248 e. The van der Waals surface area contributed by atoms with Gasteiger partial charge in [0, 0.05) is 13.1 Å². The fourth-order valence-electron chi connectivity index (χ4n) is 2.26. The second-order valence-electron chi connectivity index (χ2n) is 4.13. The van der Waals surface area contributed by atoms with E-state index < -0.39 is 0 Å². The van der Waals surface area contributed by atoms with Crippen molar-refractivity contribution in [3.05, 3.63) is 0 Å². The van der Waals surface area contributed by atoms with Gasteiger partial charge in [0.2, 0.25) is 5.91 Å². The van der Waals surface area contributed by atoms with Crippen molar-refractivity contribution in [1.29, 1.82) is 0 Å². The number of likely N-dealkylation sites (N-methyl/N-ethyl adjacent to an activating group) is 1. The Kier molecular flexibility index (Phi) is 4.37. The molecule has 4 nitrogen and oxygen atoms in total. The molecular formula is C10H19ClN2O2. The molecule has 0 bridgehead atoms. The van der Waals surface area contributed by atoms with Crippen molar-refractivity contribution in [1.82, 2.24) is 10.2 Å². The van der Waals surface area contributed by atoms with Gasteiger partial charge in [0.1, 0.15) is 6.61 Å². The normalized spacial score (nSPS) is 25.1. The van der Waals surface area contributed by atoms with E-state index in [1.807, 2.05) is 11.8 Å². The SMILES string of the molecule is CCN1CC2(CCNCC2)OCC1=O.Cl. The largest absolute Gasteiger partial charge is 0.363 e. The highest BCUT2D eigenvalue weighted by Crippen LogP contribution is 2.27. The highest BCUT2D eigenvalue weighted by molar-refractivity contribution is 5.85. The molecule has 5 heteroatoms. The Morgan fingerprint density at radius 3 is 2.73 bits per heavy atom. The zero-order valence-electron chi connectivity index (χ0n) is 9.12. The molecule has 1 amide bonds. The summed E-state index contributed by atoms with van der Waals surface area (Å²) in [6.45, 7) is 5.89. The molecule has 2 rings (SSSR count). The number of morpholine rings is 1. The first-order valence-electron chi connectivity index (χ1n) is 5.38. The quantitative estimate of drug-likeness (QED) is 0.715. The van der Waals surface area contributed by atoms with Gasteiger partial charge in [-0.1, -0.05) is 0 Å². The molecule has 0 atom stereocenters. The van der Waals surface area contributed by atoms with Gasteiger partial charge in [-0.25, -0.2) is 0 Å². The molecule has 0 aliphatic carbocycles. The van der Waals surface area contributed by atoms with Crippen LogP contribution in [0.2, 0.25) is 0 Å². The van der Waals surface area contributed by atoms with Gasteiger partial charge >= 0.3 is 0 Å². The Bertz CT molecular complexity index is 229. The number of carbonyl (C=O) groups is 1. The molecule has 2 saturated heterocycles. The van der Waals surface area contributed by atoms with Gasteiger partial charge in [-0.3, -0.25) is 4.79 Å². The zero-order valence-corrected chi connectivity index (χ0v) is 9.94. The van der Waals surface area contributed by atoms with Crippen molar-refractivity contribution >= 4 is 18.3 Å². The van der Waals surface area contributed by atoms with Crippen molar-refractivity contribution in [3.8, 4) is 0 Å². The molecule has 0 aromatic rings. The van der Waals surface area contributed by atoms with E-state index in [4.69, 9.17) is 4.74 Å². The molecule has 88 valence electrons. The molecule has 2 heterocycles. The van der Waals surface area contributed by atoms with E-state index >= 15 is 0 Å². The summed E-state index contributed by atoms with van der Waals surface area (Å²) in [4.78, 5) is 13.3. The summed E-state index contributed by atoms with van der Waals surface area (Å²) >= 11 is 0. The lowest BCUT2D eigenvalue weighted by molar-refractivity contribution is -0.167. The number of nitrogens with zero attached hydrogens (tertiary/aromatic N) is 1. The van der Waals surface area contributed by atoms with E-state index in [-0.39, 0.29) is 30.5 Å². The predicted molar refractivity (Wildman–Crippen MR) is 60.3 cm³/mol. The molecule has 2 aliphatic rings. The molecule has 2 aliphatic heterocycles. The number of hydrogen-bond acceptors (Lipinski definition) is 3. The molecule has 15 heavy (non-hydrogen) atoms. The minimum atomic E-state index is -0.0465. The first kappa shape index (κ1) is 12.7. The first-order valence-corrected chi connectivity index (χ1v) is 5.38. The van der Waals surface area contributed by atoms with Crippen LogP contribution >= 0.6 is 12.4 Å². The second-order valence-corrected chi connectivity index (χ2v) is 4.13. The molecule has 0 unspecified atom stereocenters. The number of carbonyl (C=O) groups excluding carboxylic acids is 1. The third kappa shape index (κ3) is 2.62. The van der Waals surface area contributed by atoms with Crippen LogP contribution < -0.4 is 5.32 Å². The van der Waals surface area contributed by atoms with Gasteiger partial charge < -0.3 is 15.0 Å². The molecule has 0 aromatic carbocycles. The van der Waals surface area contributed by atoms with Gasteiger partial charge in [-0.05, 0) is 32.9 Å². The molecule has 1 N–H and O–H groups in total. The third-order valence-corrected chi connectivity index (χ3v) is 3.23. The average Bonchev–Trinajstić information content (AvgIpc) is 2.23. The van der Waals surface area contributed by atoms with Crippen LogP contribution in [0.4, 0.5) is 0 Å². The van der Waals surface area contributed by atoms with Gasteiger partial charge in [0.05, 0.1) is 5.60 Å². The Hall–Kier alpha value is -0.320. The average molecular weight is 235 g/mol. The van der Waals surface area contributed by atoms with Crippen molar-refractivity contribution in [3.63, 3.8) is 0 Å². The van der Waals surface area contributed by atoms with Crippen LogP contribution in [0.25, 0.3) is 0 Å². The summed E-state index contributed by atoms with van der Waals surface area (Å²) in [7, 11) is 0. The summed E-state index contributed by atoms with van der Waals surface area (Å²) in [6, 6.07) is 0. The van der Waals surface area contributed by atoms with Crippen LogP contribution in [-0.4, -0.2) is 49.2 Å². The predicted octanol–water partition coefficient (Wildman–Crippen LogP) is 0.409. The first-order chi connectivity index (χ1) is 6.76. The second kappa shape index (κ2) is 5.14. The standard InChI is InChI=1S/C10H18N2O2.ClH/c1-2-12-8-10(14-7-9(12)13)3-5-11-6-4-10;/h11H,2-8H2,1H3;1H. The maximum absolute atomic E-state index is 11.4. The number of ether oxygens (including phenoxy) is 1. The minimum Gasteiger partial charge on any atom is -0.363 e. The van der Waals surface area contributed by atoms with Gasteiger partial charge in [-0.2, -0.15) is 0 Å². The number of piperidine rings is 1. The van der Waals surface area contributed by atoms with Crippen molar-refractivity contribution < 1.29 is 9.53 Å². The summed E-state index contributed by atoms with van der Waals surface area (Å²) < 4.78 is 5.72. The lowest BCUT2D eigenvalue weighted by atomic mass is 9.90. The molecule has 2 fully saturated rings. The van der Waals surface area contributed by atoms with E-state index in [0.717, 1.165) is 39.0 Å². The van der Waals surface area contributed by atoms with Crippen LogP contribution in [0.15, 0.2) is 0 Å². The zero-order chi connectivity index (χ0) is 10.0. The van der Waals surface area contributed by atoms with Crippen molar-refractivity contribution in [2.45, 2.75) is 25.4 Å². The molecule has 0 radical (unpaired) electrons. The number of hydrogen-bond donors (Lipinski definition) is 1. The highest BCUT2D eigenvalue weighted by Gasteiger charge is 2.39. The van der Waals surface area contributed by atoms with E-state index in [1.54, 1.807) is 0 Å². The Labute approximate surface area is 96.7 Å². The highest BCUT2D eigenvalue weighted by atomic mass is 35.5. The lowest BCUT2D eigenvalue weighted by Gasteiger charge is -2.44. The lowest BCUT2D eigenvalue weighted by Crippen LogP contribution is -2.58. The smallest absolute Gasteiger partial charge is 0.248 e. The van der Waals surface area contributed by atoms with E-state index in [0.29, 0.717) is 0 Å². The van der Waals surface area contributed by atoms with Gasteiger partial charge in [-0.15, -0.1) is 12.4 Å².